The van der Waals surface area contributed by atoms with E-state index in [1.807, 2.05) is 0 Å². The second-order valence-corrected chi connectivity index (χ2v) is 7.75. The largest absolute Gasteiger partial charge is 0.505 e. The van der Waals surface area contributed by atoms with Gasteiger partial charge in [-0.25, -0.2) is 9.37 Å². The first-order valence-electron chi connectivity index (χ1n) is 10.3. The number of amides is 1. The third kappa shape index (κ3) is 4.75. The van der Waals surface area contributed by atoms with E-state index in [-0.39, 0.29) is 24.4 Å². The molecular formula is C23H22FN5O4. The molecule has 0 bridgehead atoms. The summed E-state index contributed by atoms with van der Waals surface area (Å²) in [5.74, 6) is -1.69. The quantitative estimate of drug-likeness (QED) is 0.338. The van der Waals surface area contributed by atoms with E-state index < -0.39 is 28.9 Å². The van der Waals surface area contributed by atoms with Gasteiger partial charge in [-0.1, -0.05) is 12.1 Å². The van der Waals surface area contributed by atoms with Crippen molar-refractivity contribution < 1.29 is 19.4 Å². The Kier molecular flexibility index (Phi) is 6.18. The number of rotatable bonds is 7. The Balaban J connectivity index is 1.83. The molecule has 4 aromatic rings. The summed E-state index contributed by atoms with van der Waals surface area (Å²) in [5.41, 5.74) is 1.35. The summed E-state index contributed by atoms with van der Waals surface area (Å²) in [5, 5.41) is 22.6. The Morgan fingerprint density at radius 2 is 2.00 bits per heavy atom. The van der Waals surface area contributed by atoms with Gasteiger partial charge in [-0.3, -0.25) is 19.1 Å². The van der Waals surface area contributed by atoms with Gasteiger partial charge in [0, 0.05) is 18.9 Å². The number of aromatic nitrogens is 4. The van der Waals surface area contributed by atoms with E-state index in [2.05, 4.69) is 20.3 Å². The molecule has 9 nitrogen and oxygen atoms in total. The number of H-pyrrole nitrogens is 1. The van der Waals surface area contributed by atoms with E-state index in [4.69, 9.17) is 0 Å². The Morgan fingerprint density at radius 3 is 2.67 bits per heavy atom. The maximum atomic E-state index is 13.3. The molecule has 0 aliphatic carbocycles. The number of pyridine rings is 2. The number of aromatic hydroxyl groups is 1. The predicted octanol–water partition coefficient (Wildman–Crippen LogP) is 1.71. The van der Waals surface area contributed by atoms with E-state index in [0.29, 0.717) is 17.6 Å². The minimum absolute atomic E-state index is 0.0392. The lowest BCUT2D eigenvalue weighted by Gasteiger charge is -2.15. The lowest BCUT2D eigenvalue weighted by molar-refractivity contribution is 0.0919. The number of nitrogens with one attached hydrogen (secondary N) is 2. The van der Waals surface area contributed by atoms with Gasteiger partial charge in [-0.15, -0.1) is 0 Å². The SMILES string of the molecule is CC(O)CNC(=O)c1c(O)c2ncc(Cc3ccc(F)cc3)cc2n(Cc2c[nH]cn2)c1=O. The predicted molar refractivity (Wildman–Crippen MR) is 119 cm³/mol. The number of hydrogen-bond acceptors (Lipinski definition) is 6. The summed E-state index contributed by atoms with van der Waals surface area (Å²) >= 11 is 0. The van der Waals surface area contributed by atoms with Crippen molar-refractivity contribution in [2.75, 3.05) is 6.54 Å². The van der Waals surface area contributed by atoms with Crippen molar-refractivity contribution >= 4 is 16.9 Å². The fourth-order valence-electron chi connectivity index (χ4n) is 3.51. The van der Waals surface area contributed by atoms with E-state index in [1.165, 1.54) is 36.1 Å². The van der Waals surface area contributed by atoms with Gasteiger partial charge in [0.05, 0.1) is 30.2 Å². The molecule has 4 rings (SSSR count). The molecule has 3 aromatic heterocycles. The molecule has 1 aromatic carbocycles. The number of fused-ring (bicyclic) bond motifs is 1. The number of benzene rings is 1. The number of hydrogen-bond donors (Lipinski definition) is 4. The summed E-state index contributed by atoms with van der Waals surface area (Å²) in [6.07, 6.45) is 4.23. The third-order valence-electron chi connectivity index (χ3n) is 5.12. The van der Waals surface area contributed by atoms with Crippen LogP contribution in [0.3, 0.4) is 0 Å². The highest BCUT2D eigenvalue weighted by Crippen LogP contribution is 2.26. The smallest absolute Gasteiger partial charge is 0.268 e. The molecule has 0 aliphatic heterocycles. The molecule has 1 atom stereocenters. The minimum atomic E-state index is -0.824. The monoisotopic (exact) mass is 451 g/mol. The first kappa shape index (κ1) is 22.2. The maximum absolute atomic E-state index is 13.3. The summed E-state index contributed by atoms with van der Waals surface area (Å²) < 4.78 is 14.5. The molecule has 10 heteroatoms. The van der Waals surface area contributed by atoms with E-state index in [0.717, 1.165) is 11.1 Å². The Hall–Kier alpha value is -4.05. The fraction of sp³-hybridized carbons (Fsp3) is 0.217. The maximum Gasteiger partial charge on any atom is 0.268 e. The van der Waals surface area contributed by atoms with E-state index >= 15 is 0 Å². The first-order chi connectivity index (χ1) is 15.8. The van der Waals surface area contributed by atoms with Crippen LogP contribution < -0.4 is 10.9 Å². The van der Waals surface area contributed by atoms with Crippen LogP contribution in [0.4, 0.5) is 4.39 Å². The zero-order chi connectivity index (χ0) is 23.5. The molecule has 1 unspecified atom stereocenters. The van der Waals surface area contributed by atoms with Gasteiger partial charge in [0.25, 0.3) is 11.5 Å². The van der Waals surface area contributed by atoms with Crippen LogP contribution in [0.5, 0.6) is 5.75 Å². The molecule has 0 radical (unpaired) electrons. The van der Waals surface area contributed by atoms with Gasteiger partial charge in [0.15, 0.2) is 5.75 Å². The highest BCUT2D eigenvalue weighted by atomic mass is 19.1. The van der Waals surface area contributed by atoms with E-state index in [1.54, 1.807) is 24.4 Å². The average Bonchev–Trinajstić information content (AvgIpc) is 3.30. The summed E-state index contributed by atoms with van der Waals surface area (Å²) in [4.78, 5) is 37.2. The standard InChI is InChI=1S/C23H22FN5O4/c1-13(30)8-27-22(32)19-21(31)20-18(29(23(19)33)11-17-10-25-12-28-17)7-15(9-26-20)6-14-2-4-16(24)5-3-14/h2-5,7,9-10,12-13,30-31H,6,8,11H2,1H3,(H,25,28)(H,27,32). The highest BCUT2D eigenvalue weighted by molar-refractivity contribution is 6.01. The average molecular weight is 451 g/mol. The van der Waals surface area contributed by atoms with Crippen molar-refractivity contribution in [2.24, 2.45) is 0 Å². The van der Waals surface area contributed by atoms with Gasteiger partial charge in [0.1, 0.15) is 16.9 Å². The number of halogens is 1. The van der Waals surface area contributed by atoms with Crippen LogP contribution in [0, 0.1) is 5.82 Å². The Bertz CT molecular complexity index is 1350. The molecular weight excluding hydrogens is 429 g/mol. The zero-order valence-electron chi connectivity index (χ0n) is 17.7. The molecule has 4 N–H and O–H groups in total. The lowest BCUT2D eigenvalue weighted by Crippen LogP contribution is -2.36. The minimum Gasteiger partial charge on any atom is -0.505 e. The van der Waals surface area contributed by atoms with Crippen LogP contribution in [-0.4, -0.2) is 48.3 Å². The number of nitrogens with zero attached hydrogens (tertiary/aromatic N) is 3. The van der Waals surface area contributed by atoms with Crippen LogP contribution in [-0.2, 0) is 13.0 Å². The van der Waals surface area contributed by atoms with E-state index in [9.17, 15) is 24.2 Å². The molecule has 0 saturated heterocycles. The summed E-state index contributed by atoms with van der Waals surface area (Å²) in [6, 6.07) is 7.74. The number of aliphatic hydroxyl groups is 1. The van der Waals surface area contributed by atoms with Gasteiger partial charge in [-0.2, -0.15) is 0 Å². The van der Waals surface area contributed by atoms with Crippen LogP contribution in [0.25, 0.3) is 11.0 Å². The Labute approximate surface area is 187 Å². The van der Waals surface area contributed by atoms with Gasteiger partial charge in [0.2, 0.25) is 0 Å². The molecule has 0 fully saturated rings. The molecule has 0 aliphatic rings. The number of imidazole rings is 1. The molecule has 170 valence electrons. The Morgan fingerprint density at radius 1 is 1.24 bits per heavy atom. The summed E-state index contributed by atoms with van der Waals surface area (Å²) in [7, 11) is 0. The van der Waals surface area contributed by atoms with Crippen molar-refractivity contribution in [3.8, 4) is 5.75 Å². The van der Waals surface area contributed by atoms with Crippen molar-refractivity contribution in [2.45, 2.75) is 26.0 Å². The van der Waals surface area contributed by atoms with Crippen molar-refractivity contribution in [1.29, 1.82) is 0 Å². The highest BCUT2D eigenvalue weighted by Gasteiger charge is 2.24. The number of aromatic amines is 1. The normalized spacial score (nSPS) is 12.1. The molecule has 1 amide bonds. The number of aliphatic hydroxyl groups excluding tert-OH is 1. The van der Waals surface area contributed by atoms with Crippen LogP contribution in [0.15, 0.2) is 53.8 Å². The van der Waals surface area contributed by atoms with Crippen LogP contribution in [0.1, 0.15) is 34.1 Å². The van der Waals surface area contributed by atoms with Crippen LogP contribution in [0.2, 0.25) is 0 Å². The second kappa shape index (κ2) is 9.21. The lowest BCUT2D eigenvalue weighted by atomic mass is 10.1. The number of carbonyl (C=O) groups is 1. The first-order valence-corrected chi connectivity index (χ1v) is 10.3. The topological polar surface area (TPSA) is 133 Å². The number of carbonyl (C=O) groups excluding carboxylic acids is 1. The molecule has 0 spiro atoms. The molecule has 33 heavy (non-hydrogen) atoms. The van der Waals surface area contributed by atoms with Crippen molar-refractivity contribution in [1.82, 2.24) is 24.8 Å². The molecule has 3 heterocycles. The van der Waals surface area contributed by atoms with Crippen molar-refractivity contribution in [3.05, 3.63) is 87.6 Å². The van der Waals surface area contributed by atoms with Crippen LogP contribution >= 0.6 is 0 Å². The van der Waals surface area contributed by atoms with Gasteiger partial charge >= 0.3 is 0 Å². The van der Waals surface area contributed by atoms with Gasteiger partial charge in [-0.05, 0) is 42.7 Å². The second-order valence-electron chi connectivity index (χ2n) is 7.75. The van der Waals surface area contributed by atoms with Gasteiger partial charge < -0.3 is 20.5 Å². The zero-order valence-corrected chi connectivity index (χ0v) is 17.7. The molecule has 0 saturated carbocycles. The third-order valence-corrected chi connectivity index (χ3v) is 5.12. The summed E-state index contributed by atoms with van der Waals surface area (Å²) in [6.45, 7) is 1.44. The fourth-order valence-corrected chi connectivity index (χ4v) is 3.51. The van der Waals surface area contributed by atoms with Crippen molar-refractivity contribution in [3.63, 3.8) is 0 Å².